The molecule has 0 fully saturated rings. The van der Waals surface area contributed by atoms with Crippen LogP contribution in [0.4, 0.5) is 0 Å². The number of rotatable bonds is 1. The molecule has 0 atom stereocenters. The van der Waals surface area contributed by atoms with Gasteiger partial charge in [-0.3, -0.25) is 4.79 Å². The summed E-state index contributed by atoms with van der Waals surface area (Å²) in [4.78, 5) is 10.7. The van der Waals surface area contributed by atoms with Crippen molar-refractivity contribution in [2.45, 2.75) is 19.8 Å². The van der Waals surface area contributed by atoms with Gasteiger partial charge < -0.3 is 5.21 Å². The molecule has 1 aromatic rings. The molecule has 1 aromatic heterocycles. The van der Waals surface area contributed by atoms with Crippen LogP contribution in [0.3, 0.4) is 0 Å². The standard InChI is InChI=1S/C8H11NO2/c1-6(2)7-3-4-8(10)9(11)5-7/h3-6,11H,1-2H3. The molecule has 0 bridgehead atoms. The summed E-state index contributed by atoms with van der Waals surface area (Å²) in [5, 5.41) is 8.95. The van der Waals surface area contributed by atoms with Gasteiger partial charge in [0.05, 0.1) is 6.20 Å². The van der Waals surface area contributed by atoms with Crippen LogP contribution in [0.15, 0.2) is 23.1 Å². The fraction of sp³-hybridized carbons (Fsp3) is 0.375. The minimum absolute atomic E-state index is 0.328. The summed E-state index contributed by atoms with van der Waals surface area (Å²) in [6.07, 6.45) is 1.44. The lowest BCUT2D eigenvalue weighted by atomic mass is 10.1. The number of hydrogen-bond acceptors (Lipinski definition) is 2. The molecule has 0 saturated carbocycles. The molecule has 0 aliphatic heterocycles. The Balaban J connectivity index is 3.15. The van der Waals surface area contributed by atoms with Gasteiger partial charge in [-0.15, -0.1) is 0 Å². The molecule has 0 spiro atoms. The Labute approximate surface area is 64.9 Å². The predicted octanol–water partition coefficient (Wildman–Crippen LogP) is 1.21. The van der Waals surface area contributed by atoms with Crippen LogP contribution < -0.4 is 5.56 Å². The third-order valence-corrected chi connectivity index (χ3v) is 1.58. The zero-order valence-corrected chi connectivity index (χ0v) is 6.61. The highest BCUT2D eigenvalue weighted by atomic mass is 16.5. The first kappa shape index (κ1) is 7.85. The highest BCUT2D eigenvalue weighted by Crippen LogP contribution is 2.10. The predicted molar refractivity (Wildman–Crippen MR) is 42.0 cm³/mol. The Morgan fingerprint density at radius 1 is 1.45 bits per heavy atom. The summed E-state index contributed by atoms with van der Waals surface area (Å²) in [5.41, 5.74) is 0.557. The van der Waals surface area contributed by atoms with E-state index in [2.05, 4.69) is 0 Å². The second-order valence-corrected chi connectivity index (χ2v) is 2.80. The average Bonchev–Trinajstić information content (AvgIpc) is 1.94. The van der Waals surface area contributed by atoms with Crippen molar-refractivity contribution in [3.8, 4) is 0 Å². The molecule has 3 heteroatoms. The Bertz CT molecular complexity index is 301. The molecule has 0 amide bonds. The normalized spacial score (nSPS) is 10.5. The van der Waals surface area contributed by atoms with Crippen LogP contribution in [-0.2, 0) is 0 Å². The number of aromatic nitrogens is 1. The lowest BCUT2D eigenvalue weighted by Gasteiger charge is -2.04. The van der Waals surface area contributed by atoms with E-state index >= 15 is 0 Å². The van der Waals surface area contributed by atoms with Gasteiger partial charge in [0, 0.05) is 6.07 Å². The first-order valence-electron chi connectivity index (χ1n) is 3.53. The molecule has 0 unspecified atom stereocenters. The molecule has 11 heavy (non-hydrogen) atoms. The first-order valence-corrected chi connectivity index (χ1v) is 3.53. The maximum Gasteiger partial charge on any atom is 0.282 e. The fourth-order valence-electron chi connectivity index (χ4n) is 0.833. The zero-order chi connectivity index (χ0) is 8.43. The Morgan fingerprint density at radius 2 is 2.09 bits per heavy atom. The van der Waals surface area contributed by atoms with E-state index in [1.807, 2.05) is 13.8 Å². The van der Waals surface area contributed by atoms with Gasteiger partial charge in [-0.25, -0.2) is 0 Å². The van der Waals surface area contributed by atoms with Crippen molar-refractivity contribution < 1.29 is 5.21 Å². The minimum Gasteiger partial charge on any atom is -0.425 e. The third kappa shape index (κ3) is 1.61. The summed E-state index contributed by atoms with van der Waals surface area (Å²) in [6.45, 7) is 4.00. The highest BCUT2D eigenvalue weighted by molar-refractivity contribution is 5.12. The van der Waals surface area contributed by atoms with Crippen LogP contribution >= 0.6 is 0 Å². The summed E-state index contributed by atoms with van der Waals surface area (Å²) in [6, 6.07) is 3.08. The molecule has 1 heterocycles. The molecule has 3 nitrogen and oxygen atoms in total. The molecule has 1 N–H and O–H groups in total. The SMILES string of the molecule is CC(C)c1ccc(=O)n(O)c1. The van der Waals surface area contributed by atoms with Crippen molar-refractivity contribution in [2.75, 3.05) is 0 Å². The highest BCUT2D eigenvalue weighted by Gasteiger charge is 1.99. The first-order chi connectivity index (χ1) is 5.11. The summed E-state index contributed by atoms with van der Waals surface area (Å²) in [5.74, 6) is 0.328. The Hall–Kier alpha value is -1.25. The monoisotopic (exact) mass is 153 g/mol. The van der Waals surface area contributed by atoms with Crippen molar-refractivity contribution in [3.05, 3.63) is 34.2 Å². The van der Waals surface area contributed by atoms with Gasteiger partial charge in [-0.1, -0.05) is 19.9 Å². The van der Waals surface area contributed by atoms with Gasteiger partial charge >= 0.3 is 0 Å². The molecule has 0 aliphatic rings. The van der Waals surface area contributed by atoms with E-state index in [4.69, 9.17) is 5.21 Å². The van der Waals surface area contributed by atoms with Crippen LogP contribution in [-0.4, -0.2) is 9.94 Å². The van der Waals surface area contributed by atoms with Crippen LogP contribution in [0.2, 0.25) is 0 Å². The molecular formula is C8H11NO2. The van der Waals surface area contributed by atoms with Crippen LogP contribution in [0.1, 0.15) is 25.3 Å². The van der Waals surface area contributed by atoms with Gasteiger partial charge in [-0.05, 0) is 11.5 Å². The Morgan fingerprint density at radius 3 is 2.55 bits per heavy atom. The lowest BCUT2D eigenvalue weighted by Crippen LogP contribution is -2.16. The van der Waals surface area contributed by atoms with E-state index in [9.17, 15) is 4.79 Å². The second kappa shape index (κ2) is 2.78. The van der Waals surface area contributed by atoms with Gasteiger partial charge in [-0.2, -0.15) is 4.73 Å². The van der Waals surface area contributed by atoms with E-state index in [-0.39, 0.29) is 0 Å². The van der Waals surface area contributed by atoms with Crippen LogP contribution in [0.25, 0.3) is 0 Å². The van der Waals surface area contributed by atoms with E-state index in [1.54, 1.807) is 6.07 Å². The second-order valence-electron chi connectivity index (χ2n) is 2.80. The van der Waals surface area contributed by atoms with Crippen molar-refractivity contribution in [1.82, 2.24) is 4.73 Å². The average molecular weight is 153 g/mol. The number of pyridine rings is 1. The molecule has 0 aromatic carbocycles. The number of nitrogens with zero attached hydrogens (tertiary/aromatic N) is 1. The van der Waals surface area contributed by atoms with Crippen molar-refractivity contribution in [2.24, 2.45) is 0 Å². The van der Waals surface area contributed by atoms with E-state index in [0.29, 0.717) is 10.6 Å². The Kier molecular flexibility index (Phi) is 1.98. The summed E-state index contributed by atoms with van der Waals surface area (Å²) < 4.78 is 0.606. The van der Waals surface area contributed by atoms with Gasteiger partial charge in [0.25, 0.3) is 5.56 Å². The maximum absolute atomic E-state index is 10.7. The molecule has 0 saturated heterocycles. The smallest absolute Gasteiger partial charge is 0.282 e. The van der Waals surface area contributed by atoms with Crippen molar-refractivity contribution in [3.63, 3.8) is 0 Å². The minimum atomic E-state index is -0.394. The van der Waals surface area contributed by atoms with Crippen molar-refractivity contribution in [1.29, 1.82) is 0 Å². The molecular weight excluding hydrogens is 142 g/mol. The largest absolute Gasteiger partial charge is 0.425 e. The van der Waals surface area contributed by atoms with Crippen molar-refractivity contribution >= 4 is 0 Å². The summed E-state index contributed by atoms with van der Waals surface area (Å²) in [7, 11) is 0. The van der Waals surface area contributed by atoms with Gasteiger partial charge in [0.1, 0.15) is 0 Å². The third-order valence-electron chi connectivity index (χ3n) is 1.58. The maximum atomic E-state index is 10.7. The van der Waals surface area contributed by atoms with Gasteiger partial charge in [0.2, 0.25) is 0 Å². The topological polar surface area (TPSA) is 42.2 Å². The quantitative estimate of drug-likeness (QED) is 0.616. The molecule has 1 rings (SSSR count). The summed E-state index contributed by atoms with van der Waals surface area (Å²) >= 11 is 0. The van der Waals surface area contributed by atoms with E-state index in [0.717, 1.165) is 5.56 Å². The molecule has 0 radical (unpaired) electrons. The molecule has 0 aliphatic carbocycles. The van der Waals surface area contributed by atoms with Crippen LogP contribution in [0.5, 0.6) is 0 Å². The van der Waals surface area contributed by atoms with Gasteiger partial charge in [0.15, 0.2) is 0 Å². The number of hydrogen-bond donors (Lipinski definition) is 1. The molecule has 60 valence electrons. The van der Waals surface area contributed by atoms with E-state index in [1.165, 1.54) is 12.3 Å². The van der Waals surface area contributed by atoms with Crippen LogP contribution in [0, 0.1) is 0 Å². The lowest BCUT2D eigenvalue weighted by molar-refractivity contribution is 0.173. The van der Waals surface area contributed by atoms with E-state index < -0.39 is 5.56 Å². The fourth-order valence-corrected chi connectivity index (χ4v) is 0.833. The zero-order valence-electron chi connectivity index (χ0n) is 6.61.